The van der Waals surface area contributed by atoms with Crippen LogP contribution in [0, 0.1) is 15.9 Å². The first-order valence-electron chi connectivity index (χ1n) is 4.89. The average molecular weight is 267 g/mol. The van der Waals surface area contributed by atoms with Gasteiger partial charge in [0.1, 0.15) is 5.82 Å². The van der Waals surface area contributed by atoms with Crippen LogP contribution in [0.5, 0.6) is 0 Å². The number of rotatable bonds is 3. The molecule has 0 bridgehead atoms. The van der Waals surface area contributed by atoms with Gasteiger partial charge in [-0.25, -0.2) is 9.18 Å². The van der Waals surface area contributed by atoms with Gasteiger partial charge in [0.15, 0.2) is 0 Å². The SMILES string of the molecule is COC(=O)c1nnc(-c2ccc([N+](=O)[O-])cc2F)o1. The number of nitrogens with zero attached hydrogens (tertiary/aromatic N) is 3. The Morgan fingerprint density at radius 2 is 2.21 bits per heavy atom. The van der Waals surface area contributed by atoms with Crippen molar-refractivity contribution in [2.45, 2.75) is 0 Å². The van der Waals surface area contributed by atoms with Crippen LogP contribution in [0.25, 0.3) is 11.5 Å². The smallest absolute Gasteiger partial charge is 0.396 e. The predicted octanol–water partition coefficient (Wildman–Crippen LogP) is 1.57. The van der Waals surface area contributed by atoms with Crippen molar-refractivity contribution < 1.29 is 23.3 Å². The molecule has 0 aliphatic heterocycles. The number of carbonyl (C=O) groups is 1. The standard InChI is InChI=1S/C10H6FN3O5/c1-18-10(15)9-13-12-8(19-9)6-3-2-5(14(16)17)4-7(6)11/h2-4H,1H3. The van der Waals surface area contributed by atoms with E-state index in [2.05, 4.69) is 14.9 Å². The maximum absolute atomic E-state index is 13.6. The van der Waals surface area contributed by atoms with Crippen molar-refractivity contribution in [2.75, 3.05) is 7.11 Å². The second kappa shape index (κ2) is 4.80. The molecule has 0 radical (unpaired) electrons. The topological polar surface area (TPSA) is 108 Å². The Kier molecular flexibility index (Phi) is 3.19. The summed E-state index contributed by atoms with van der Waals surface area (Å²) in [5.74, 6) is -2.47. The molecule has 2 rings (SSSR count). The van der Waals surface area contributed by atoms with Crippen LogP contribution in [-0.4, -0.2) is 28.2 Å². The molecule has 0 aliphatic carbocycles. The van der Waals surface area contributed by atoms with Crippen LogP contribution >= 0.6 is 0 Å². The number of hydrogen-bond donors (Lipinski definition) is 0. The molecule has 2 aromatic rings. The third-order valence-electron chi connectivity index (χ3n) is 2.18. The molecule has 0 N–H and O–H groups in total. The lowest BCUT2D eigenvalue weighted by atomic mass is 10.2. The summed E-state index contributed by atoms with van der Waals surface area (Å²) in [5.41, 5.74) is -0.554. The fraction of sp³-hybridized carbons (Fsp3) is 0.100. The second-order valence-electron chi connectivity index (χ2n) is 3.33. The third kappa shape index (κ3) is 2.39. The van der Waals surface area contributed by atoms with E-state index < -0.39 is 28.3 Å². The summed E-state index contributed by atoms with van der Waals surface area (Å²) in [6.45, 7) is 0. The van der Waals surface area contributed by atoms with E-state index in [4.69, 9.17) is 4.42 Å². The van der Waals surface area contributed by atoms with Gasteiger partial charge in [-0.15, -0.1) is 10.2 Å². The molecule has 19 heavy (non-hydrogen) atoms. The Bertz CT molecular complexity index is 654. The Morgan fingerprint density at radius 3 is 2.79 bits per heavy atom. The van der Waals surface area contributed by atoms with Crippen molar-refractivity contribution in [3.63, 3.8) is 0 Å². The number of carbonyl (C=O) groups excluding carboxylic acids is 1. The van der Waals surface area contributed by atoms with E-state index in [0.717, 1.165) is 25.3 Å². The molecule has 0 saturated carbocycles. The molecule has 9 heteroatoms. The molecule has 0 fully saturated rings. The van der Waals surface area contributed by atoms with E-state index in [1.165, 1.54) is 0 Å². The van der Waals surface area contributed by atoms with Crippen LogP contribution < -0.4 is 0 Å². The lowest BCUT2D eigenvalue weighted by Crippen LogP contribution is -2.00. The largest absolute Gasteiger partial charge is 0.462 e. The quantitative estimate of drug-likeness (QED) is 0.471. The predicted molar refractivity (Wildman–Crippen MR) is 57.7 cm³/mol. The molecule has 98 valence electrons. The molecule has 0 aliphatic rings. The maximum atomic E-state index is 13.6. The van der Waals surface area contributed by atoms with Crippen molar-refractivity contribution in [1.82, 2.24) is 10.2 Å². The Balaban J connectivity index is 2.39. The van der Waals surface area contributed by atoms with Crippen LogP contribution in [-0.2, 0) is 4.74 Å². The first-order chi connectivity index (χ1) is 9.02. The highest BCUT2D eigenvalue weighted by Gasteiger charge is 2.20. The van der Waals surface area contributed by atoms with Crippen LogP contribution in [0.4, 0.5) is 10.1 Å². The van der Waals surface area contributed by atoms with E-state index in [-0.39, 0.29) is 11.5 Å². The van der Waals surface area contributed by atoms with Gasteiger partial charge in [0, 0.05) is 6.07 Å². The molecule has 0 spiro atoms. The molecule has 1 aromatic heterocycles. The number of hydrogen-bond acceptors (Lipinski definition) is 7. The number of aromatic nitrogens is 2. The minimum atomic E-state index is -0.908. The van der Waals surface area contributed by atoms with E-state index >= 15 is 0 Å². The number of non-ortho nitro benzene ring substituents is 1. The van der Waals surface area contributed by atoms with Crippen molar-refractivity contribution >= 4 is 11.7 Å². The fourth-order valence-corrected chi connectivity index (χ4v) is 1.29. The zero-order chi connectivity index (χ0) is 14.0. The van der Waals surface area contributed by atoms with E-state index in [9.17, 15) is 19.3 Å². The first kappa shape index (κ1) is 12.6. The summed E-state index contributed by atoms with van der Waals surface area (Å²) in [6, 6.07) is 2.92. The highest BCUT2D eigenvalue weighted by atomic mass is 19.1. The highest BCUT2D eigenvalue weighted by molar-refractivity contribution is 5.84. The van der Waals surface area contributed by atoms with Crippen molar-refractivity contribution in [3.8, 4) is 11.5 Å². The number of benzene rings is 1. The number of nitro benzene ring substituents is 1. The number of esters is 1. The van der Waals surface area contributed by atoms with Crippen LogP contribution in [0.1, 0.15) is 10.7 Å². The van der Waals surface area contributed by atoms with Gasteiger partial charge in [0.05, 0.1) is 23.7 Å². The second-order valence-corrected chi connectivity index (χ2v) is 3.33. The molecule has 1 aromatic carbocycles. The molecule has 0 saturated heterocycles. The van der Waals surface area contributed by atoms with Gasteiger partial charge in [-0.3, -0.25) is 10.1 Å². The van der Waals surface area contributed by atoms with Gasteiger partial charge >= 0.3 is 11.9 Å². The van der Waals surface area contributed by atoms with Crippen molar-refractivity contribution in [1.29, 1.82) is 0 Å². The number of ether oxygens (including phenoxy) is 1. The number of methoxy groups -OCH3 is 1. The normalized spacial score (nSPS) is 10.2. The lowest BCUT2D eigenvalue weighted by molar-refractivity contribution is -0.385. The number of nitro groups is 1. The van der Waals surface area contributed by atoms with E-state index in [1.54, 1.807) is 0 Å². The maximum Gasteiger partial charge on any atom is 0.396 e. The van der Waals surface area contributed by atoms with Gasteiger partial charge in [0.2, 0.25) is 0 Å². The van der Waals surface area contributed by atoms with Crippen LogP contribution in [0.15, 0.2) is 22.6 Å². The summed E-state index contributed by atoms with van der Waals surface area (Å²) >= 11 is 0. The summed E-state index contributed by atoms with van der Waals surface area (Å²) in [5, 5.41) is 17.3. The minimum Gasteiger partial charge on any atom is -0.462 e. The monoisotopic (exact) mass is 267 g/mol. The minimum absolute atomic E-state index is 0.145. The zero-order valence-corrected chi connectivity index (χ0v) is 9.49. The molecule has 0 atom stereocenters. The molecule has 0 unspecified atom stereocenters. The van der Waals surface area contributed by atoms with Crippen LogP contribution in [0.2, 0.25) is 0 Å². The van der Waals surface area contributed by atoms with Gasteiger partial charge in [0.25, 0.3) is 11.6 Å². The van der Waals surface area contributed by atoms with Gasteiger partial charge < -0.3 is 9.15 Å². The average Bonchev–Trinajstić information content (AvgIpc) is 2.87. The highest BCUT2D eigenvalue weighted by Crippen LogP contribution is 2.25. The van der Waals surface area contributed by atoms with Gasteiger partial charge in [-0.2, -0.15) is 0 Å². The first-order valence-corrected chi connectivity index (χ1v) is 4.89. The Hall–Kier alpha value is -2.84. The fourth-order valence-electron chi connectivity index (χ4n) is 1.29. The van der Waals surface area contributed by atoms with Gasteiger partial charge in [-0.1, -0.05) is 0 Å². The van der Waals surface area contributed by atoms with Crippen molar-refractivity contribution in [3.05, 3.63) is 40.0 Å². The Labute approximate surface area is 105 Å². The van der Waals surface area contributed by atoms with E-state index in [0.29, 0.717) is 0 Å². The summed E-state index contributed by atoms with van der Waals surface area (Å²) in [6.07, 6.45) is 0. The van der Waals surface area contributed by atoms with Crippen molar-refractivity contribution in [2.24, 2.45) is 0 Å². The lowest BCUT2D eigenvalue weighted by Gasteiger charge is -1.97. The van der Waals surface area contributed by atoms with Gasteiger partial charge in [-0.05, 0) is 6.07 Å². The van der Waals surface area contributed by atoms with E-state index in [1.807, 2.05) is 0 Å². The van der Waals surface area contributed by atoms with Crippen LogP contribution in [0.3, 0.4) is 0 Å². The summed E-state index contributed by atoms with van der Waals surface area (Å²) in [4.78, 5) is 20.8. The molecular weight excluding hydrogens is 261 g/mol. The molecular formula is C10H6FN3O5. The molecule has 0 amide bonds. The summed E-state index contributed by atoms with van der Waals surface area (Å²) in [7, 11) is 1.12. The molecule has 1 heterocycles. The Morgan fingerprint density at radius 1 is 1.47 bits per heavy atom. The zero-order valence-electron chi connectivity index (χ0n) is 9.49. The summed E-state index contributed by atoms with van der Waals surface area (Å²) < 4.78 is 22.9. The third-order valence-corrected chi connectivity index (χ3v) is 2.18. The number of halogens is 1. The molecule has 8 nitrogen and oxygen atoms in total.